The first-order valence-electron chi connectivity index (χ1n) is 9.87. The van der Waals surface area contributed by atoms with E-state index in [-0.39, 0.29) is 11.7 Å². The van der Waals surface area contributed by atoms with E-state index in [0.29, 0.717) is 0 Å². The number of hydrogen-bond acceptors (Lipinski definition) is 3. The van der Waals surface area contributed by atoms with Gasteiger partial charge in [-0.05, 0) is 0 Å². The zero-order chi connectivity index (χ0) is 17.3. The molecule has 0 bridgehead atoms. The van der Waals surface area contributed by atoms with Crippen LogP contribution in [0.2, 0.25) is 13.3 Å². The number of hydrogen-bond donors (Lipinski definition) is 0. The van der Waals surface area contributed by atoms with Gasteiger partial charge in [-0.3, -0.25) is 0 Å². The van der Waals surface area contributed by atoms with E-state index in [1.807, 2.05) is 0 Å². The molecule has 1 saturated heterocycles. The predicted octanol–water partition coefficient (Wildman–Crippen LogP) is 5.94. The van der Waals surface area contributed by atoms with Gasteiger partial charge in [-0.15, -0.1) is 0 Å². The van der Waals surface area contributed by atoms with Gasteiger partial charge in [0.05, 0.1) is 0 Å². The van der Waals surface area contributed by atoms with Crippen LogP contribution in [0, 0.1) is 0 Å². The fourth-order valence-corrected chi connectivity index (χ4v) is 16.7. The van der Waals surface area contributed by atoms with Gasteiger partial charge in [0.2, 0.25) is 0 Å². The Morgan fingerprint density at radius 3 is 1.87 bits per heavy atom. The molecule has 1 unspecified atom stereocenters. The molecule has 23 heavy (non-hydrogen) atoms. The molecule has 0 spiro atoms. The quantitative estimate of drug-likeness (QED) is 0.378. The first kappa shape index (κ1) is 21.8. The van der Waals surface area contributed by atoms with Crippen molar-refractivity contribution in [1.82, 2.24) is 0 Å². The van der Waals surface area contributed by atoms with Crippen molar-refractivity contribution in [2.24, 2.45) is 0 Å². The van der Waals surface area contributed by atoms with Crippen LogP contribution in [0.15, 0.2) is 0 Å². The zero-order valence-electron chi connectivity index (χ0n) is 16.5. The van der Waals surface area contributed by atoms with Gasteiger partial charge in [-0.25, -0.2) is 0 Å². The van der Waals surface area contributed by atoms with Gasteiger partial charge in [0, 0.05) is 0 Å². The van der Waals surface area contributed by atoms with E-state index in [2.05, 4.69) is 41.5 Å². The van der Waals surface area contributed by atoms with Crippen molar-refractivity contribution in [3.05, 3.63) is 0 Å². The Morgan fingerprint density at radius 1 is 1.00 bits per heavy atom. The first-order chi connectivity index (χ1) is 10.9. The molecule has 0 aromatic rings. The second kappa shape index (κ2) is 10.7. The zero-order valence-corrected chi connectivity index (χ0v) is 19.3. The fraction of sp³-hybridized carbons (Fsp3) is 1.00. The van der Waals surface area contributed by atoms with E-state index >= 15 is 0 Å². The minimum absolute atomic E-state index is 0.139. The molecular formula is C18H39BO3Sn. The summed E-state index contributed by atoms with van der Waals surface area (Å²) in [4.78, 5) is 0. The summed E-state index contributed by atoms with van der Waals surface area (Å²) in [5.41, 5.74) is -0.139. The Bertz CT molecular complexity index is 304. The van der Waals surface area contributed by atoms with Gasteiger partial charge in [-0.2, -0.15) is 0 Å². The van der Waals surface area contributed by atoms with Crippen molar-refractivity contribution < 1.29 is 12.3 Å². The summed E-state index contributed by atoms with van der Waals surface area (Å²) in [7, 11) is -0.421. The second-order valence-corrected chi connectivity index (χ2v) is 19.6. The van der Waals surface area contributed by atoms with Crippen LogP contribution >= 0.6 is 0 Å². The van der Waals surface area contributed by atoms with Gasteiger partial charge < -0.3 is 0 Å². The number of rotatable bonds is 11. The molecule has 1 rings (SSSR count). The molecule has 0 aromatic carbocycles. The topological polar surface area (TPSA) is 27.7 Å². The Balaban J connectivity index is 2.82. The van der Waals surface area contributed by atoms with Crippen LogP contribution < -0.4 is 0 Å². The fourth-order valence-electron chi connectivity index (χ4n) is 3.57. The molecule has 1 atom stereocenters. The molecule has 1 aliphatic heterocycles. The van der Waals surface area contributed by atoms with Gasteiger partial charge in [0.1, 0.15) is 0 Å². The summed E-state index contributed by atoms with van der Waals surface area (Å²) in [6.45, 7) is 13.3. The van der Waals surface area contributed by atoms with Crippen molar-refractivity contribution in [3.63, 3.8) is 0 Å². The molecule has 1 fully saturated rings. The average Bonchev–Trinajstić information content (AvgIpc) is 2.46. The van der Waals surface area contributed by atoms with Crippen LogP contribution in [0.3, 0.4) is 0 Å². The van der Waals surface area contributed by atoms with Crippen molar-refractivity contribution in [3.8, 4) is 0 Å². The minimum atomic E-state index is -2.66. The summed E-state index contributed by atoms with van der Waals surface area (Å²) in [6, 6.07) is 0. The van der Waals surface area contributed by atoms with Crippen LogP contribution in [0.25, 0.3) is 0 Å². The average molecular weight is 433 g/mol. The Hall–Kier alpha value is 0.744. The van der Waals surface area contributed by atoms with Gasteiger partial charge >= 0.3 is 150 Å². The summed E-state index contributed by atoms with van der Waals surface area (Å²) in [6.07, 6.45) is 8.84. The Morgan fingerprint density at radius 2 is 1.48 bits per heavy atom. The van der Waals surface area contributed by atoms with Crippen molar-refractivity contribution in [2.45, 2.75) is 112 Å². The summed E-state index contributed by atoms with van der Waals surface area (Å²) < 4.78 is 22.9. The molecule has 0 N–H and O–H groups in total. The van der Waals surface area contributed by atoms with Crippen molar-refractivity contribution in [1.29, 1.82) is 0 Å². The normalized spacial score (nSPS) is 21.7. The molecule has 136 valence electrons. The van der Waals surface area contributed by atoms with Crippen LogP contribution in [0.4, 0.5) is 0 Å². The molecule has 0 saturated carbocycles. The van der Waals surface area contributed by atoms with E-state index in [4.69, 9.17) is 12.3 Å². The molecular weight excluding hydrogens is 394 g/mol. The monoisotopic (exact) mass is 434 g/mol. The number of unbranched alkanes of at least 4 members (excludes halogenated alkanes) is 3. The molecule has 0 aliphatic carbocycles. The van der Waals surface area contributed by atoms with Gasteiger partial charge in [0.15, 0.2) is 0 Å². The van der Waals surface area contributed by atoms with Crippen molar-refractivity contribution in [2.75, 3.05) is 0 Å². The Labute approximate surface area is 149 Å². The maximum atomic E-state index is 6.76. The maximum absolute atomic E-state index is 6.76. The molecule has 5 heteroatoms. The summed E-state index contributed by atoms with van der Waals surface area (Å²) >= 11 is -2.66. The van der Waals surface area contributed by atoms with Crippen LogP contribution in [0.1, 0.15) is 86.5 Å². The standard InChI is InChI=1S/C6H12BO3.3C4H9.Sn/c1-5-4-6(2,3)10-7(8)9-5;3*1-3-4-2;/h5H,4H2,1-3H3;3*1,3-4H2,2H3;/q-1;;;;+1. The molecule has 0 aromatic heterocycles. The third-order valence-corrected chi connectivity index (χ3v) is 17.6. The van der Waals surface area contributed by atoms with Gasteiger partial charge in [0.25, 0.3) is 0 Å². The van der Waals surface area contributed by atoms with Crippen LogP contribution in [-0.2, 0) is 12.3 Å². The Kier molecular flexibility index (Phi) is 10.1. The van der Waals surface area contributed by atoms with Crippen molar-refractivity contribution >= 4 is 26.1 Å². The van der Waals surface area contributed by atoms with E-state index < -0.39 is 26.1 Å². The summed E-state index contributed by atoms with van der Waals surface area (Å²) in [5, 5.41) is 0. The second-order valence-electron chi connectivity index (χ2n) is 7.93. The molecule has 0 radical (unpaired) electrons. The molecule has 1 aliphatic rings. The van der Waals surface area contributed by atoms with E-state index in [0.717, 1.165) is 6.42 Å². The van der Waals surface area contributed by atoms with Crippen LogP contribution in [-0.4, -0.2) is 37.8 Å². The van der Waals surface area contributed by atoms with E-state index in [1.165, 1.54) is 51.8 Å². The molecule has 1 heterocycles. The third kappa shape index (κ3) is 8.11. The molecule has 0 amide bonds. The van der Waals surface area contributed by atoms with Gasteiger partial charge in [-0.1, -0.05) is 0 Å². The van der Waals surface area contributed by atoms with E-state index in [1.54, 1.807) is 0 Å². The predicted molar refractivity (Wildman–Crippen MR) is 102 cm³/mol. The first-order valence-corrected chi connectivity index (χ1v) is 17.1. The SMILES string of the molecule is CCC[CH2][Sn]([CH2]CCC)([CH2]CCC)[O]B1OC(C)CC(C)(C)O1. The van der Waals surface area contributed by atoms with E-state index in [9.17, 15) is 0 Å². The molecule has 3 nitrogen and oxygen atoms in total. The summed E-state index contributed by atoms with van der Waals surface area (Å²) in [5.74, 6) is 0. The third-order valence-electron chi connectivity index (χ3n) is 4.84. The van der Waals surface area contributed by atoms with Crippen LogP contribution in [0.5, 0.6) is 0 Å².